The lowest BCUT2D eigenvalue weighted by atomic mass is 9.94. The zero-order chi connectivity index (χ0) is 31.6. The summed E-state index contributed by atoms with van der Waals surface area (Å²) in [6, 6.07) is 55.9. The van der Waals surface area contributed by atoms with Crippen molar-refractivity contribution in [1.29, 1.82) is 0 Å². The van der Waals surface area contributed by atoms with Crippen molar-refractivity contribution in [2.45, 2.75) is 0 Å². The lowest BCUT2D eigenvalue weighted by Gasteiger charge is -2.14. The summed E-state index contributed by atoms with van der Waals surface area (Å²) in [5.74, 6) is 0.900. The number of pyridine rings is 1. The largest absolute Gasteiger partial charge is 0.354 e. The Labute approximate surface area is 276 Å². The van der Waals surface area contributed by atoms with E-state index in [0.29, 0.717) is 0 Å². The van der Waals surface area contributed by atoms with Gasteiger partial charge in [-0.15, -0.1) is 0 Å². The van der Waals surface area contributed by atoms with Crippen LogP contribution in [0.25, 0.3) is 93.8 Å². The standard InChI is InChI=1S/C44H28N4/c1-4-16-32-28(12-1)14-9-23-40(32)48-41-24-11-18-33(30-26-29-13-2-3-15-31(29)37(27-30)38-21-7-8-25-45-38)43(41)47-44(48)36-20-10-19-35-34-17-5-6-22-39(34)46-42(35)36/h1-27,46H. The zero-order valence-corrected chi connectivity index (χ0v) is 25.9. The van der Waals surface area contributed by atoms with Crippen LogP contribution in [0.2, 0.25) is 0 Å². The highest BCUT2D eigenvalue weighted by Gasteiger charge is 2.22. The second kappa shape index (κ2) is 10.5. The molecule has 0 spiro atoms. The van der Waals surface area contributed by atoms with E-state index < -0.39 is 0 Å². The second-order valence-corrected chi connectivity index (χ2v) is 12.3. The molecule has 10 aromatic rings. The van der Waals surface area contributed by atoms with Crippen LogP contribution in [0.3, 0.4) is 0 Å². The van der Waals surface area contributed by atoms with Gasteiger partial charge in [0.05, 0.1) is 27.9 Å². The number of para-hydroxylation sites is 3. The molecule has 0 aliphatic heterocycles. The molecule has 0 atom stereocenters. The Morgan fingerprint density at radius 3 is 2.10 bits per heavy atom. The van der Waals surface area contributed by atoms with Gasteiger partial charge >= 0.3 is 0 Å². The van der Waals surface area contributed by atoms with E-state index in [4.69, 9.17) is 9.97 Å². The van der Waals surface area contributed by atoms with Gasteiger partial charge in [-0.2, -0.15) is 0 Å². The number of nitrogens with zero attached hydrogens (tertiary/aromatic N) is 3. The van der Waals surface area contributed by atoms with E-state index >= 15 is 0 Å². The smallest absolute Gasteiger partial charge is 0.147 e. The number of aromatic nitrogens is 4. The average molecular weight is 613 g/mol. The van der Waals surface area contributed by atoms with Crippen LogP contribution >= 0.6 is 0 Å². The Balaban J connectivity index is 1.31. The van der Waals surface area contributed by atoms with Crippen molar-refractivity contribution in [1.82, 2.24) is 19.5 Å². The summed E-state index contributed by atoms with van der Waals surface area (Å²) in [6.45, 7) is 0. The second-order valence-electron chi connectivity index (χ2n) is 12.3. The fourth-order valence-corrected chi connectivity index (χ4v) is 7.42. The number of nitrogens with one attached hydrogen (secondary N) is 1. The maximum atomic E-state index is 5.57. The summed E-state index contributed by atoms with van der Waals surface area (Å²) in [5, 5.41) is 7.12. The highest BCUT2D eigenvalue weighted by atomic mass is 15.1. The molecule has 3 aromatic heterocycles. The molecule has 0 aliphatic rings. The van der Waals surface area contributed by atoms with Crippen molar-refractivity contribution in [3.05, 3.63) is 164 Å². The fourth-order valence-electron chi connectivity index (χ4n) is 7.42. The molecule has 4 heteroatoms. The Bertz CT molecular complexity index is 2840. The molecule has 1 N–H and O–H groups in total. The molecule has 3 heterocycles. The molecule has 0 aliphatic carbocycles. The highest BCUT2D eigenvalue weighted by Crippen LogP contribution is 2.41. The van der Waals surface area contributed by atoms with Crippen LogP contribution in [0.1, 0.15) is 0 Å². The molecule has 0 saturated carbocycles. The summed E-state index contributed by atoms with van der Waals surface area (Å²) in [6.07, 6.45) is 1.86. The highest BCUT2D eigenvalue weighted by molar-refractivity contribution is 6.12. The first-order valence-corrected chi connectivity index (χ1v) is 16.3. The van der Waals surface area contributed by atoms with Crippen LogP contribution in [0, 0.1) is 0 Å². The van der Waals surface area contributed by atoms with E-state index in [1.807, 2.05) is 18.3 Å². The third-order valence-electron chi connectivity index (χ3n) is 9.59. The minimum Gasteiger partial charge on any atom is -0.354 e. The van der Waals surface area contributed by atoms with Gasteiger partial charge in [-0.1, -0.05) is 109 Å². The van der Waals surface area contributed by atoms with E-state index in [9.17, 15) is 0 Å². The van der Waals surface area contributed by atoms with Gasteiger partial charge in [0.1, 0.15) is 5.82 Å². The molecular weight excluding hydrogens is 585 g/mol. The van der Waals surface area contributed by atoms with E-state index in [2.05, 4.69) is 155 Å². The Morgan fingerprint density at radius 2 is 1.21 bits per heavy atom. The van der Waals surface area contributed by atoms with E-state index in [-0.39, 0.29) is 0 Å². The quantitative estimate of drug-likeness (QED) is 0.215. The summed E-state index contributed by atoms with van der Waals surface area (Å²) < 4.78 is 2.35. The molecule has 7 aromatic carbocycles. The lowest BCUT2D eigenvalue weighted by Crippen LogP contribution is -1.99. The molecule has 4 nitrogen and oxygen atoms in total. The predicted molar refractivity (Wildman–Crippen MR) is 200 cm³/mol. The Kier molecular flexibility index (Phi) is 5.84. The van der Waals surface area contributed by atoms with E-state index in [0.717, 1.165) is 61.5 Å². The number of H-pyrrole nitrogens is 1. The van der Waals surface area contributed by atoms with Crippen LogP contribution in [0.5, 0.6) is 0 Å². The van der Waals surface area contributed by atoms with Crippen molar-refractivity contribution in [3.63, 3.8) is 0 Å². The molecule has 224 valence electrons. The molecule has 0 bridgehead atoms. The molecule has 10 rings (SSSR count). The fraction of sp³-hybridized carbons (Fsp3) is 0. The van der Waals surface area contributed by atoms with Crippen molar-refractivity contribution in [2.75, 3.05) is 0 Å². The molecule has 0 fully saturated rings. The molecule has 0 saturated heterocycles. The first-order chi connectivity index (χ1) is 23.8. The van der Waals surface area contributed by atoms with Crippen LogP contribution < -0.4 is 0 Å². The maximum Gasteiger partial charge on any atom is 0.147 e. The lowest BCUT2D eigenvalue weighted by molar-refractivity contribution is 1.12. The van der Waals surface area contributed by atoms with E-state index in [1.165, 1.54) is 32.3 Å². The number of imidazole rings is 1. The van der Waals surface area contributed by atoms with Crippen molar-refractivity contribution >= 4 is 54.4 Å². The van der Waals surface area contributed by atoms with Gasteiger partial charge in [0.15, 0.2) is 0 Å². The van der Waals surface area contributed by atoms with Crippen LogP contribution in [0.15, 0.2) is 164 Å². The minimum atomic E-state index is 0.900. The maximum absolute atomic E-state index is 5.57. The van der Waals surface area contributed by atoms with Crippen molar-refractivity contribution in [3.8, 4) is 39.5 Å². The summed E-state index contributed by atoms with van der Waals surface area (Å²) in [4.78, 5) is 14.1. The SMILES string of the molecule is c1ccc(-c2cc(-c3cccc4c3nc(-c3cccc5c3[nH]c3ccccc35)n4-c3cccc4ccccc34)cc3ccccc23)nc1. The molecule has 0 amide bonds. The van der Waals surface area contributed by atoms with Gasteiger partial charge in [-0.05, 0) is 70.3 Å². The molecule has 0 unspecified atom stereocenters. The minimum absolute atomic E-state index is 0.900. The monoisotopic (exact) mass is 612 g/mol. The molecule has 0 radical (unpaired) electrons. The average Bonchev–Trinajstić information content (AvgIpc) is 3.73. The summed E-state index contributed by atoms with van der Waals surface area (Å²) >= 11 is 0. The first-order valence-electron chi connectivity index (χ1n) is 16.3. The number of benzene rings is 7. The topological polar surface area (TPSA) is 46.5 Å². The van der Waals surface area contributed by atoms with Gasteiger partial charge in [0.2, 0.25) is 0 Å². The van der Waals surface area contributed by atoms with Gasteiger partial charge in [0, 0.05) is 44.6 Å². The van der Waals surface area contributed by atoms with Gasteiger partial charge < -0.3 is 4.98 Å². The van der Waals surface area contributed by atoms with Crippen LogP contribution in [-0.4, -0.2) is 19.5 Å². The summed E-state index contributed by atoms with van der Waals surface area (Å²) in [5.41, 5.74) is 10.6. The van der Waals surface area contributed by atoms with Crippen LogP contribution in [-0.2, 0) is 0 Å². The number of fused-ring (bicyclic) bond motifs is 6. The number of rotatable bonds is 4. The van der Waals surface area contributed by atoms with Crippen molar-refractivity contribution in [2.24, 2.45) is 0 Å². The molecular formula is C44H28N4. The van der Waals surface area contributed by atoms with Gasteiger partial charge in [-0.3, -0.25) is 9.55 Å². The number of aromatic amines is 1. The summed E-state index contributed by atoms with van der Waals surface area (Å²) in [7, 11) is 0. The normalized spacial score (nSPS) is 11.8. The Morgan fingerprint density at radius 1 is 0.500 bits per heavy atom. The van der Waals surface area contributed by atoms with Crippen molar-refractivity contribution < 1.29 is 0 Å². The first kappa shape index (κ1) is 26.7. The van der Waals surface area contributed by atoms with E-state index in [1.54, 1.807) is 0 Å². The number of hydrogen-bond donors (Lipinski definition) is 1. The third-order valence-corrected chi connectivity index (χ3v) is 9.59. The van der Waals surface area contributed by atoms with Gasteiger partial charge in [0.25, 0.3) is 0 Å². The zero-order valence-electron chi connectivity index (χ0n) is 25.9. The third kappa shape index (κ3) is 4.03. The molecule has 48 heavy (non-hydrogen) atoms. The van der Waals surface area contributed by atoms with Gasteiger partial charge in [-0.25, -0.2) is 4.98 Å². The number of hydrogen-bond acceptors (Lipinski definition) is 2. The van der Waals surface area contributed by atoms with Crippen LogP contribution in [0.4, 0.5) is 0 Å². The Hall–Kier alpha value is -6.52. The predicted octanol–water partition coefficient (Wildman–Crippen LogP) is 11.4.